The van der Waals surface area contributed by atoms with Crippen LogP contribution in [0.5, 0.6) is 5.75 Å². The van der Waals surface area contributed by atoms with Crippen LogP contribution in [0.4, 0.5) is 0 Å². The van der Waals surface area contributed by atoms with Gasteiger partial charge >= 0.3 is 5.97 Å². The van der Waals surface area contributed by atoms with Crippen molar-refractivity contribution in [3.63, 3.8) is 0 Å². The van der Waals surface area contributed by atoms with E-state index in [0.29, 0.717) is 5.92 Å². The molecule has 0 aromatic heterocycles. The molecule has 0 atom stereocenters. The van der Waals surface area contributed by atoms with Crippen LogP contribution in [-0.2, 0) is 4.79 Å². The van der Waals surface area contributed by atoms with Gasteiger partial charge in [0.25, 0.3) is 0 Å². The number of aliphatic carboxylic acids is 1. The third-order valence-corrected chi connectivity index (χ3v) is 4.55. The van der Waals surface area contributed by atoms with Gasteiger partial charge in [0.05, 0.1) is 6.10 Å². The molecule has 0 saturated heterocycles. The molecule has 1 saturated carbocycles. The van der Waals surface area contributed by atoms with Gasteiger partial charge < -0.3 is 9.84 Å². The van der Waals surface area contributed by atoms with Gasteiger partial charge in [-0.1, -0.05) is 22.0 Å². The fraction of sp³-hybridized carbons (Fsp3) is 0.438. The third kappa shape index (κ3) is 4.37. The van der Waals surface area contributed by atoms with Crippen molar-refractivity contribution in [1.82, 2.24) is 0 Å². The lowest BCUT2D eigenvalue weighted by Gasteiger charge is -2.27. The number of carbonyl (C=O) groups is 1. The SMILES string of the molecule is Cc1cc(OC2CCC(C=CC(=O)O)CC2)ccc1Br. The van der Waals surface area contributed by atoms with Crippen LogP contribution in [0.1, 0.15) is 31.2 Å². The quantitative estimate of drug-likeness (QED) is 0.831. The van der Waals surface area contributed by atoms with E-state index >= 15 is 0 Å². The summed E-state index contributed by atoms with van der Waals surface area (Å²) in [4.78, 5) is 10.5. The number of allylic oxidation sites excluding steroid dienone is 1. The van der Waals surface area contributed by atoms with Crippen LogP contribution in [-0.4, -0.2) is 17.2 Å². The molecule has 0 spiro atoms. The number of aryl methyl sites for hydroxylation is 1. The molecule has 108 valence electrons. The van der Waals surface area contributed by atoms with Crippen molar-refractivity contribution in [3.8, 4) is 5.75 Å². The maximum atomic E-state index is 10.5. The molecule has 0 amide bonds. The molecule has 3 nitrogen and oxygen atoms in total. The molecule has 20 heavy (non-hydrogen) atoms. The molecule has 1 aromatic carbocycles. The van der Waals surface area contributed by atoms with E-state index in [-0.39, 0.29) is 6.10 Å². The second kappa shape index (κ2) is 6.93. The zero-order valence-electron chi connectivity index (χ0n) is 11.5. The monoisotopic (exact) mass is 338 g/mol. The van der Waals surface area contributed by atoms with Crippen LogP contribution in [0.25, 0.3) is 0 Å². The van der Waals surface area contributed by atoms with Gasteiger partial charge in [-0.05, 0) is 62.3 Å². The Balaban J connectivity index is 1.85. The van der Waals surface area contributed by atoms with Crippen LogP contribution < -0.4 is 4.74 Å². The summed E-state index contributed by atoms with van der Waals surface area (Å²) in [7, 11) is 0. The van der Waals surface area contributed by atoms with Gasteiger partial charge in [-0.3, -0.25) is 0 Å². The summed E-state index contributed by atoms with van der Waals surface area (Å²) in [6, 6.07) is 6.03. The maximum absolute atomic E-state index is 10.5. The second-order valence-corrected chi connectivity index (χ2v) is 6.12. The van der Waals surface area contributed by atoms with Crippen molar-refractivity contribution in [1.29, 1.82) is 0 Å². The summed E-state index contributed by atoms with van der Waals surface area (Å²) in [6.45, 7) is 2.05. The van der Waals surface area contributed by atoms with Gasteiger partial charge in [-0.2, -0.15) is 0 Å². The first-order valence-corrected chi connectivity index (χ1v) is 7.68. The fourth-order valence-corrected chi connectivity index (χ4v) is 2.75. The summed E-state index contributed by atoms with van der Waals surface area (Å²) in [5, 5.41) is 8.62. The van der Waals surface area contributed by atoms with Crippen molar-refractivity contribution in [2.24, 2.45) is 5.92 Å². The highest BCUT2D eigenvalue weighted by Crippen LogP contribution is 2.29. The zero-order chi connectivity index (χ0) is 14.5. The fourth-order valence-electron chi connectivity index (χ4n) is 2.50. The molecule has 4 heteroatoms. The predicted molar refractivity (Wildman–Crippen MR) is 82.0 cm³/mol. The molecule has 0 radical (unpaired) electrons. The van der Waals surface area contributed by atoms with Crippen molar-refractivity contribution in [2.45, 2.75) is 38.7 Å². The highest BCUT2D eigenvalue weighted by molar-refractivity contribution is 9.10. The highest BCUT2D eigenvalue weighted by atomic mass is 79.9. The third-order valence-electron chi connectivity index (χ3n) is 3.66. The number of ether oxygens (including phenoxy) is 1. The topological polar surface area (TPSA) is 46.5 Å². The normalized spacial score (nSPS) is 22.9. The number of benzene rings is 1. The van der Waals surface area contributed by atoms with Crippen molar-refractivity contribution in [3.05, 3.63) is 40.4 Å². The van der Waals surface area contributed by atoms with Crippen LogP contribution in [0.3, 0.4) is 0 Å². The maximum Gasteiger partial charge on any atom is 0.327 e. The van der Waals surface area contributed by atoms with Crippen LogP contribution in [0.2, 0.25) is 0 Å². The number of halogens is 1. The van der Waals surface area contributed by atoms with E-state index in [1.165, 1.54) is 11.6 Å². The zero-order valence-corrected chi connectivity index (χ0v) is 13.1. The van der Waals surface area contributed by atoms with E-state index in [9.17, 15) is 4.79 Å². The molecule has 0 unspecified atom stereocenters. The Hall–Kier alpha value is -1.29. The van der Waals surface area contributed by atoms with E-state index in [1.807, 2.05) is 31.2 Å². The van der Waals surface area contributed by atoms with E-state index in [2.05, 4.69) is 15.9 Å². The molecule has 0 heterocycles. The Kier molecular flexibility index (Phi) is 5.24. The molecular weight excluding hydrogens is 320 g/mol. The molecule has 1 aliphatic rings. The lowest BCUT2D eigenvalue weighted by Crippen LogP contribution is -2.23. The Morgan fingerprint density at radius 1 is 1.35 bits per heavy atom. The predicted octanol–water partition coefficient (Wildman–Crippen LogP) is 4.34. The smallest absolute Gasteiger partial charge is 0.327 e. The van der Waals surface area contributed by atoms with Gasteiger partial charge in [0.15, 0.2) is 0 Å². The minimum atomic E-state index is -0.867. The van der Waals surface area contributed by atoms with Gasteiger partial charge in [0.2, 0.25) is 0 Å². The van der Waals surface area contributed by atoms with Gasteiger partial charge in [-0.25, -0.2) is 4.79 Å². The van der Waals surface area contributed by atoms with Crippen LogP contribution >= 0.6 is 15.9 Å². The molecule has 1 N–H and O–H groups in total. The molecule has 1 fully saturated rings. The summed E-state index contributed by atoms with van der Waals surface area (Å²) in [5.41, 5.74) is 1.17. The Bertz CT molecular complexity index is 502. The number of carboxylic acid groups (broad SMARTS) is 1. The summed E-state index contributed by atoms with van der Waals surface area (Å²) >= 11 is 3.48. The lowest BCUT2D eigenvalue weighted by molar-refractivity contribution is -0.131. The van der Waals surface area contributed by atoms with Crippen LogP contribution in [0, 0.1) is 12.8 Å². The number of rotatable bonds is 4. The van der Waals surface area contributed by atoms with Crippen molar-refractivity contribution in [2.75, 3.05) is 0 Å². The minimum absolute atomic E-state index is 0.241. The number of carboxylic acids is 1. The summed E-state index contributed by atoms with van der Waals surface area (Å²) < 4.78 is 7.09. The molecule has 1 aromatic rings. The molecule has 2 rings (SSSR count). The first kappa shape index (κ1) is 15.1. The highest BCUT2D eigenvalue weighted by Gasteiger charge is 2.21. The Morgan fingerprint density at radius 2 is 2.05 bits per heavy atom. The Morgan fingerprint density at radius 3 is 2.65 bits per heavy atom. The first-order valence-electron chi connectivity index (χ1n) is 6.88. The molecule has 0 aliphatic heterocycles. The summed E-state index contributed by atoms with van der Waals surface area (Å²) in [5.74, 6) is 0.418. The van der Waals surface area contributed by atoms with E-state index in [1.54, 1.807) is 0 Å². The Labute approximate surface area is 127 Å². The van der Waals surface area contributed by atoms with Crippen LogP contribution in [0.15, 0.2) is 34.8 Å². The van der Waals surface area contributed by atoms with Gasteiger partial charge in [0.1, 0.15) is 5.75 Å². The largest absolute Gasteiger partial charge is 0.490 e. The number of hydrogen-bond donors (Lipinski definition) is 1. The molecular formula is C16H19BrO3. The minimum Gasteiger partial charge on any atom is -0.490 e. The van der Waals surface area contributed by atoms with E-state index in [4.69, 9.17) is 9.84 Å². The first-order chi connectivity index (χ1) is 9.54. The van der Waals surface area contributed by atoms with E-state index < -0.39 is 5.97 Å². The molecule has 0 bridgehead atoms. The van der Waals surface area contributed by atoms with Crippen molar-refractivity contribution < 1.29 is 14.6 Å². The van der Waals surface area contributed by atoms with Gasteiger partial charge in [0, 0.05) is 10.5 Å². The van der Waals surface area contributed by atoms with Gasteiger partial charge in [-0.15, -0.1) is 0 Å². The van der Waals surface area contributed by atoms with Crippen molar-refractivity contribution >= 4 is 21.9 Å². The lowest BCUT2D eigenvalue weighted by atomic mass is 9.87. The summed E-state index contributed by atoms with van der Waals surface area (Å²) in [6.07, 6.45) is 7.23. The number of hydrogen-bond acceptors (Lipinski definition) is 2. The second-order valence-electron chi connectivity index (χ2n) is 5.26. The average molecular weight is 339 g/mol. The standard InChI is InChI=1S/C16H19BrO3/c1-11-10-14(7-8-15(11)17)20-13-5-2-12(3-6-13)4-9-16(18)19/h4,7-10,12-13H,2-3,5-6H2,1H3,(H,18,19). The molecule has 1 aliphatic carbocycles. The van der Waals surface area contributed by atoms with E-state index in [0.717, 1.165) is 35.9 Å². The average Bonchev–Trinajstić information content (AvgIpc) is 2.42.